The van der Waals surface area contributed by atoms with Gasteiger partial charge in [-0.25, -0.2) is 17.5 Å². The monoisotopic (exact) mass is 261 g/mol. The van der Waals surface area contributed by atoms with Gasteiger partial charge in [-0.3, -0.25) is 4.79 Å². The van der Waals surface area contributed by atoms with Gasteiger partial charge in [0.15, 0.2) is 0 Å². The number of carbonyl (C=O) groups is 1. The van der Waals surface area contributed by atoms with E-state index in [0.29, 0.717) is 0 Å². The van der Waals surface area contributed by atoms with Gasteiger partial charge in [0.1, 0.15) is 5.82 Å². The van der Waals surface area contributed by atoms with Crippen LogP contribution in [-0.2, 0) is 14.8 Å². The van der Waals surface area contributed by atoms with Crippen molar-refractivity contribution in [3.63, 3.8) is 0 Å². The molecule has 0 fully saturated rings. The van der Waals surface area contributed by atoms with Crippen LogP contribution in [0.4, 0.5) is 10.1 Å². The molecule has 1 amide bonds. The van der Waals surface area contributed by atoms with Crippen LogP contribution in [0, 0.1) is 12.7 Å². The fourth-order valence-corrected chi connectivity index (χ4v) is 2.12. The van der Waals surface area contributed by atoms with Gasteiger partial charge in [0, 0.05) is 11.3 Å². The predicted octanol–water partition coefficient (Wildman–Crippen LogP) is -0.520. The third-order valence-corrected chi connectivity index (χ3v) is 3.49. The summed E-state index contributed by atoms with van der Waals surface area (Å²) in [5, 5.41) is 0. The van der Waals surface area contributed by atoms with Crippen molar-refractivity contribution >= 4 is 21.6 Å². The quantitative estimate of drug-likeness (QED) is 0.632. The number of nitrogen functional groups attached to an aromatic ring is 1. The minimum absolute atomic E-state index is 0.0180. The molecule has 5 N–H and O–H groups in total. The highest BCUT2D eigenvalue weighted by Crippen LogP contribution is 2.20. The number of nitrogens with one attached hydrogen (secondary N) is 1. The normalized spacial score (nSPS) is 11.4. The summed E-state index contributed by atoms with van der Waals surface area (Å²) in [5.74, 6) is -1.57. The molecular weight excluding hydrogens is 249 g/mol. The lowest BCUT2D eigenvalue weighted by Gasteiger charge is -2.08. The van der Waals surface area contributed by atoms with E-state index in [-0.39, 0.29) is 16.1 Å². The summed E-state index contributed by atoms with van der Waals surface area (Å²) in [4.78, 5) is 10.1. The van der Waals surface area contributed by atoms with Gasteiger partial charge in [-0.15, -0.1) is 0 Å². The molecule has 1 aromatic carbocycles. The predicted molar refractivity (Wildman–Crippen MR) is 59.9 cm³/mol. The van der Waals surface area contributed by atoms with Crippen LogP contribution >= 0.6 is 0 Å². The summed E-state index contributed by atoms with van der Waals surface area (Å²) in [6.45, 7) is 0.871. The van der Waals surface area contributed by atoms with E-state index in [1.165, 1.54) is 6.92 Å². The lowest BCUT2D eigenvalue weighted by Crippen LogP contribution is -2.33. The molecule has 0 unspecified atom stereocenters. The molecule has 1 aromatic rings. The van der Waals surface area contributed by atoms with E-state index < -0.39 is 28.3 Å². The van der Waals surface area contributed by atoms with Crippen molar-refractivity contribution in [3.05, 3.63) is 23.5 Å². The van der Waals surface area contributed by atoms with Crippen molar-refractivity contribution in [3.8, 4) is 0 Å². The van der Waals surface area contributed by atoms with Gasteiger partial charge < -0.3 is 11.5 Å². The molecule has 1 rings (SSSR count). The summed E-state index contributed by atoms with van der Waals surface area (Å²) in [7, 11) is -3.99. The Morgan fingerprint density at radius 3 is 2.53 bits per heavy atom. The average Bonchev–Trinajstić information content (AvgIpc) is 2.22. The van der Waals surface area contributed by atoms with Gasteiger partial charge in [-0.05, 0) is 19.1 Å². The van der Waals surface area contributed by atoms with E-state index in [9.17, 15) is 17.6 Å². The van der Waals surface area contributed by atoms with Crippen molar-refractivity contribution in [2.75, 3.05) is 12.3 Å². The fourth-order valence-electron chi connectivity index (χ4n) is 1.08. The van der Waals surface area contributed by atoms with E-state index in [4.69, 9.17) is 11.5 Å². The molecule has 0 aliphatic carbocycles. The number of nitrogens with two attached hydrogens (primary N) is 2. The molecule has 6 nitrogen and oxygen atoms in total. The van der Waals surface area contributed by atoms with Crippen molar-refractivity contribution in [2.45, 2.75) is 11.8 Å². The maximum absolute atomic E-state index is 13.3. The Balaban J connectivity index is 3.12. The van der Waals surface area contributed by atoms with E-state index >= 15 is 0 Å². The standard InChI is InChI=1S/C9H12FN3O3S/c1-5-7(10)2-6(3-8(5)11)17(15,16)13-4-9(12)14/h2-3,13H,4,11H2,1H3,(H2,12,14). The van der Waals surface area contributed by atoms with Gasteiger partial charge in [0.05, 0.1) is 11.4 Å². The van der Waals surface area contributed by atoms with Gasteiger partial charge in [0.2, 0.25) is 15.9 Å². The Morgan fingerprint density at radius 2 is 2.06 bits per heavy atom. The minimum Gasteiger partial charge on any atom is -0.398 e. The smallest absolute Gasteiger partial charge is 0.241 e. The Morgan fingerprint density at radius 1 is 1.47 bits per heavy atom. The second-order valence-corrected chi connectivity index (χ2v) is 5.18. The molecule has 0 spiro atoms. The third kappa shape index (κ3) is 3.14. The Labute approximate surface area is 97.8 Å². The first-order valence-electron chi connectivity index (χ1n) is 4.57. The summed E-state index contributed by atoms with van der Waals surface area (Å²) >= 11 is 0. The van der Waals surface area contributed by atoms with Crippen LogP contribution in [0.2, 0.25) is 0 Å². The zero-order chi connectivity index (χ0) is 13.2. The molecule has 17 heavy (non-hydrogen) atoms. The zero-order valence-electron chi connectivity index (χ0n) is 9.03. The molecule has 0 saturated heterocycles. The molecule has 0 aliphatic heterocycles. The summed E-state index contributed by atoms with van der Waals surface area (Å²) in [6.07, 6.45) is 0. The largest absolute Gasteiger partial charge is 0.398 e. The van der Waals surface area contributed by atoms with E-state index in [1.54, 1.807) is 0 Å². The average molecular weight is 261 g/mol. The first-order valence-corrected chi connectivity index (χ1v) is 6.06. The minimum atomic E-state index is -3.99. The van der Waals surface area contributed by atoms with E-state index in [2.05, 4.69) is 0 Å². The van der Waals surface area contributed by atoms with Crippen LogP contribution in [-0.4, -0.2) is 20.9 Å². The highest BCUT2D eigenvalue weighted by Gasteiger charge is 2.17. The number of anilines is 1. The maximum Gasteiger partial charge on any atom is 0.241 e. The number of halogens is 1. The van der Waals surface area contributed by atoms with Crippen molar-refractivity contribution < 1.29 is 17.6 Å². The van der Waals surface area contributed by atoms with Crippen LogP contribution in [0.1, 0.15) is 5.56 Å². The molecule has 0 aromatic heterocycles. The second-order valence-electron chi connectivity index (χ2n) is 3.41. The van der Waals surface area contributed by atoms with E-state index in [0.717, 1.165) is 12.1 Å². The molecule has 0 saturated carbocycles. The Bertz CT molecular complexity index is 534. The molecular formula is C9H12FN3O3S. The highest BCUT2D eigenvalue weighted by atomic mass is 32.2. The first-order chi connectivity index (χ1) is 7.74. The van der Waals surface area contributed by atoms with Crippen molar-refractivity contribution in [1.29, 1.82) is 0 Å². The summed E-state index contributed by atoms with van der Waals surface area (Å²) in [6, 6.07) is 1.94. The zero-order valence-corrected chi connectivity index (χ0v) is 9.84. The number of amides is 1. The summed E-state index contributed by atoms with van der Waals surface area (Å²) in [5.41, 5.74) is 10.4. The van der Waals surface area contributed by atoms with Crippen LogP contribution in [0.25, 0.3) is 0 Å². The van der Waals surface area contributed by atoms with Crippen LogP contribution in [0.3, 0.4) is 0 Å². The number of hydrogen-bond acceptors (Lipinski definition) is 4. The third-order valence-electron chi connectivity index (χ3n) is 2.10. The number of rotatable bonds is 4. The maximum atomic E-state index is 13.3. The van der Waals surface area contributed by atoms with Crippen molar-refractivity contribution in [2.24, 2.45) is 5.73 Å². The van der Waals surface area contributed by atoms with Crippen molar-refractivity contribution in [1.82, 2.24) is 4.72 Å². The Kier molecular flexibility index (Phi) is 3.69. The summed E-state index contributed by atoms with van der Waals surface area (Å²) < 4.78 is 38.5. The fraction of sp³-hybridized carbons (Fsp3) is 0.222. The van der Waals surface area contributed by atoms with Crippen LogP contribution in [0.15, 0.2) is 17.0 Å². The number of sulfonamides is 1. The van der Waals surface area contributed by atoms with Crippen LogP contribution in [0.5, 0.6) is 0 Å². The van der Waals surface area contributed by atoms with E-state index in [1.807, 2.05) is 4.72 Å². The number of carbonyl (C=O) groups excluding carboxylic acids is 1. The lowest BCUT2D eigenvalue weighted by atomic mass is 10.2. The van der Waals surface area contributed by atoms with Gasteiger partial charge in [-0.2, -0.15) is 0 Å². The van der Waals surface area contributed by atoms with Gasteiger partial charge >= 0.3 is 0 Å². The first kappa shape index (κ1) is 13.4. The lowest BCUT2D eigenvalue weighted by molar-refractivity contribution is -0.116. The van der Waals surface area contributed by atoms with Crippen LogP contribution < -0.4 is 16.2 Å². The topological polar surface area (TPSA) is 115 Å². The second kappa shape index (κ2) is 4.68. The molecule has 0 aliphatic rings. The SMILES string of the molecule is Cc1c(N)cc(S(=O)(=O)NCC(N)=O)cc1F. The number of hydrogen-bond donors (Lipinski definition) is 3. The highest BCUT2D eigenvalue weighted by molar-refractivity contribution is 7.89. The number of primary amides is 1. The molecule has 0 bridgehead atoms. The molecule has 94 valence electrons. The van der Waals surface area contributed by atoms with Gasteiger partial charge in [0.25, 0.3) is 0 Å². The Hall–Kier alpha value is -1.67. The molecule has 0 atom stereocenters. The molecule has 0 radical (unpaired) electrons. The van der Waals surface area contributed by atoms with Gasteiger partial charge in [-0.1, -0.05) is 0 Å². The molecule has 0 heterocycles. The number of benzene rings is 1. The molecule has 8 heteroatoms.